The lowest BCUT2D eigenvalue weighted by molar-refractivity contribution is -0.135. The Morgan fingerprint density at radius 3 is 2.38 bits per heavy atom. The number of anilines is 1. The van der Waals surface area contributed by atoms with Crippen LogP contribution in [0.2, 0.25) is 0 Å². The van der Waals surface area contributed by atoms with Crippen LogP contribution in [0.3, 0.4) is 0 Å². The van der Waals surface area contributed by atoms with E-state index in [1.807, 2.05) is 111 Å². The van der Waals surface area contributed by atoms with E-state index in [-0.39, 0.29) is 29.1 Å². The van der Waals surface area contributed by atoms with Crippen molar-refractivity contribution in [2.45, 2.75) is 52.5 Å². The Hall–Kier alpha value is -5.38. The average molecular weight is 644 g/mol. The molecule has 1 aliphatic heterocycles. The van der Waals surface area contributed by atoms with Crippen LogP contribution in [0.15, 0.2) is 97.6 Å². The van der Waals surface area contributed by atoms with Crippen molar-refractivity contribution in [1.29, 1.82) is 0 Å². The van der Waals surface area contributed by atoms with Gasteiger partial charge in [0.15, 0.2) is 0 Å². The highest BCUT2D eigenvalue weighted by Crippen LogP contribution is 2.31. The molecule has 3 amide bonds. The van der Waals surface area contributed by atoms with Gasteiger partial charge in [0, 0.05) is 65.4 Å². The summed E-state index contributed by atoms with van der Waals surface area (Å²) in [7, 11) is 1.20. The number of carbonyl (C=O) groups excluding carboxylic acids is 4. The van der Waals surface area contributed by atoms with Crippen LogP contribution in [-0.2, 0) is 25.5 Å². The lowest BCUT2D eigenvalue weighted by atomic mass is 9.98. The molecule has 3 N–H and O–H groups in total. The predicted molar refractivity (Wildman–Crippen MR) is 190 cm³/mol. The third-order valence-corrected chi connectivity index (χ3v) is 7.80. The minimum atomic E-state index is -0.688. The van der Waals surface area contributed by atoms with Crippen LogP contribution < -0.4 is 21.1 Å². The van der Waals surface area contributed by atoms with Gasteiger partial charge < -0.3 is 19.9 Å². The number of rotatable bonds is 11. The van der Waals surface area contributed by atoms with Crippen molar-refractivity contribution in [3.8, 4) is 0 Å². The molecule has 0 aromatic heterocycles. The van der Waals surface area contributed by atoms with Gasteiger partial charge in [0.25, 0.3) is 11.8 Å². The number of hydrazine groups is 1. The Labute approximate surface area is 280 Å². The molecule has 1 aliphatic carbocycles. The van der Waals surface area contributed by atoms with Crippen molar-refractivity contribution in [3.05, 3.63) is 114 Å². The molecular formula is C37H49N5O5. The van der Waals surface area contributed by atoms with Crippen molar-refractivity contribution in [3.63, 3.8) is 0 Å². The number of nitrogens with zero attached hydrogens (tertiary/aromatic N) is 2. The monoisotopic (exact) mass is 643 g/mol. The van der Waals surface area contributed by atoms with Crippen LogP contribution in [0, 0.1) is 5.92 Å². The molecule has 0 bridgehead atoms. The summed E-state index contributed by atoms with van der Waals surface area (Å²) in [5.41, 5.74) is 7.52. The summed E-state index contributed by atoms with van der Waals surface area (Å²) in [6.07, 6.45) is 12.7. The van der Waals surface area contributed by atoms with E-state index in [2.05, 4.69) is 25.8 Å². The number of ether oxygens (including phenoxy) is 1. The number of aryl methyl sites for hydroxylation is 1. The van der Waals surface area contributed by atoms with Gasteiger partial charge in [-0.2, -0.15) is 0 Å². The molecule has 1 fully saturated rings. The van der Waals surface area contributed by atoms with E-state index in [0.717, 1.165) is 46.6 Å². The van der Waals surface area contributed by atoms with E-state index < -0.39 is 17.8 Å². The number of esters is 1. The summed E-state index contributed by atoms with van der Waals surface area (Å²) in [5, 5.41) is 5.33. The standard InChI is InChI=1S/C35H37N5O5.C2H6.3H2/c1-24(29-9-5-7-26-6-3-4-8-30(26)29)36-35(44)31-22-28(40-20-18-39(19-21-40)23-25-10-11-25)14-12-27(31)13-15-32(41)37-38-33(42)16-17-34(43)45-2;1-2;;;/h3-9,12,14,16-22,24-25H,10-11,13,15,23H2,1-2H3,(H,36,44)(H,37,41)(H,38,42);1-2H3;3*1H/b17-16+;;;;/t24-;;;;/m1..../s1. The maximum Gasteiger partial charge on any atom is 0.330 e. The second kappa shape index (κ2) is 16.8. The maximum atomic E-state index is 13.8. The predicted octanol–water partition coefficient (Wildman–Crippen LogP) is 6.38. The highest BCUT2D eigenvalue weighted by molar-refractivity contribution is 5.98. The molecule has 5 rings (SSSR count). The van der Waals surface area contributed by atoms with Gasteiger partial charge in [0.1, 0.15) is 0 Å². The second-order valence-corrected chi connectivity index (χ2v) is 11.1. The maximum absolute atomic E-state index is 13.8. The zero-order valence-corrected chi connectivity index (χ0v) is 27.4. The smallest absolute Gasteiger partial charge is 0.330 e. The molecule has 0 spiro atoms. The van der Waals surface area contributed by atoms with Gasteiger partial charge >= 0.3 is 5.97 Å². The van der Waals surface area contributed by atoms with Crippen LogP contribution in [-0.4, -0.2) is 42.2 Å². The number of amides is 3. The Morgan fingerprint density at radius 2 is 1.66 bits per heavy atom. The Morgan fingerprint density at radius 1 is 0.936 bits per heavy atom. The molecule has 10 nitrogen and oxygen atoms in total. The SMILES string of the molecule is CC.COC(=O)/C=C/C(=O)NNC(=O)CCc1ccc(N2C=CN(CC3CC3)C=C2)cc1C(=O)N[C@H](C)c1cccc2ccccc12.[HH].[HH].[HH]. The number of fused-ring (bicyclic) bond motifs is 1. The second-order valence-electron chi connectivity index (χ2n) is 11.1. The molecule has 252 valence electrons. The molecule has 47 heavy (non-hydrogen) atoms. The topological polar surface area (TPSA) is 120 Å². The molecule has 10 heteroatoms. The summed E-state index contributed by atoms with van der Waals surface area (Å²) in [5.74, 6) is -1.32. The molecule has 0 radical (unpaired) electrons. The van der Waals surface area contributed by atoms with E-state index in [1.165, 1.54) is 20.0 Å². The number of benzene rings is 3. The van der Waals surface area contributed by atoms with E-state index >= 15 is 0 Å². The quantitative estimate of drug-likeness (QED) is 0.126. The minimum Gasteiger partial charge on any atom is -0.466 e. The van der Waals surface area contributed by atoms with E-state index in [9.17, 15) is 19.2 Å². The first-order chi connectivity index (χ1) is 22.8. The van der Waals surface area contributed by atoms with E-state index in [4.69, 9.17) is 0 Å². The van der Waals surface area contributed by atoms with Crippen LogP contribution in [0.1, 0.15) is 71.8 Å². The molecule has 1 saturated carbocycles. The van der Waals surface area contributed by atoms with Gasteiger partial charge in [0.2, 0.25) is 5.91 Å². The minimum absolute atomic E-state index is 0. The number of methoxy groups -OCH3 is 1. The fourth-order valence-corrected chi connectivity index (χ4v) is 5.14. The van der Waals surface area contributed by atoms with Crippen molar-refractivity contribution in [1.82, 2.24) is 21.1 Å². The number of hydrogen-bond donors (Lipinski definition) is 3. The van der Waals surface area contributed by atoms with Crippen LogP contribution in [0.25, 0.3) is 10.8 Å². The Kier molecular flexibility index (Phi) is 12.3. The van der Waals surface area contributed by atoms with E-state index in [1.54, 1.807) is 0 Å². The Balaban J connectivity index is 0.00000246. The third kappa shape index (κ3) is 9.80. The van der Waals surface area contributed by atoms with Gasteiger partial charge in [-0.3, -0.25) is 25.2 Å². The number of carbonyl (C=O) groups is 4. The summed E-state index contributed by atoms with van der Waals surface area (Å²) in [6.45, 7) is 6.96. The normalized spacial score (nSPS) is 14.3. The molecule has 0 saturated heterocycles. The first-order valence-electron chi connectivity index (χ1n) is 16.0. The molecule has 3 aromatic carbocycles. The molecule has 2 aliphatic rings. The fourth-order valence-electron chi connectivity index (χ4n) is 5.14. The molecule has 3 aromatic rings. The van der Waals surface area contributed by atoms with Crippen LogP contribution in [0.4, 0.5) is 5.69 Å². The van der Waals surface area contributed by atoms with Gasteiger partial charge in [0.05, 0.1) is 13.2 Å². The summed E-state index contributed by atoms with van der Waals surface area (Å²) in [6, 6.07) is 19.4. The zero-order valence-electron chi connectivity index (χ0n) is 27.4. The van der Waals surface area contributed by atoms with Crippen molar-refractivity contribution in [2.75, 3.05) is 18.6 Å². The zero-order chi connectivity index (χ0) is 33.8. The summed E-state index contributed by atoms with van der Waals surface area (Å²) in [4.78, 5) is 53.5. The molecule has 1 atom stereocenters. The van der Waals surface area contributed by atoms with Gasteiger partial charge in [-0.1, -0.05) is 62.4 Å². The van der Waals surface area contributed by atoms with E-state index in [0.29, 0.717) is 11.1 Å². The summed E-state index contributed by atoms with van der Waals surface area (Å²) < 4.78 is 4.44. The Bertz CT molecular complexity index is 1670. The van der Waals surface area contributed by atoms with Gasteiger partial charge in [-0.25, -0.2) is 4.79 Å². The lowest BCUT2D eigenvalue weighted by Crippen LogP contribution is -2.41. The third-order valence-electron chi connectivity index (χ3n) is 7.80. The lowest BCUT2D eigenvalue weighted by Gasteiger charge is -2.26. The van der Waals surface area contributed by atoms with Crippen molar-refractivity contribution >= 4 is 40.2 Å². The average Bonchev–Trinajstić information content (AvgIpc) is 3.93. The summed E-state index contributed by atoms with van der Waals surface area (Å²) >= 11 is 0. The van der Waals surface area contributed by atoms with Crippen LogP contribution >= 0.6 is 0 Å². The van der Waals surface area contributed by atoms with Crippen molar-refractivity contribution < 1.29 is 28.2 Å². The molecule has 1 heterocycles. The first kappa shape index (κ1) is 34.5. The highest BCUT2D eigenvalue weighted by Gasteiger charge is 2.24. The fraction of sp³-hybridized carbons (Fsp3) is 0.297. The number of hydrogen-bond acceptors (Lipinski definition) is 7. The van der Waals surface area contributed by atoms with Crippen LogP contribution in [0.5, 0.6) is 0 Å². The largest absolute Gasteiger partial charge is 0.466 e. The highest BCUT2D eigenvalue weighted by atomic mass is 16.5. The first-order valence-corrected chi connectivity index (χ1v) is 16.0. The molecule has 0 unspecified atom stereocenters. The van der Waals surface area contributed by atoms with Gasteiger partial charge in [-0.05, 0) is 66.1 Å². The molecular weight excluding hydrogens is 594 g/mol. The number of nitrogens with one attached hydrogen (secondary N) is 3. The van der Waals surface area contributed by atoms with Gasteiger partial charge in [-0.15, -0.1) is 0 Å². The van der Waals surface area contributed by atoms with Crippen molar-refractivity contribution in [2.24, 2.45) is 5.92 Å².